The molecule has 0 aliphatic rings. The van der Waals surface area contributed by atoms with E-state index in [9.17, 15) is 4.79 Å². The number of benzene rings is 2. The third-order valence-electron chi connectivity index (χ3n) is 4.13. The van der Waals surface area contributed by atoms with E-state index in [1.807, 2.05) is 19.1 Å². The lowest BCUT2D eigenvalue weighted by Crippen LogP contribution is -2.13. The molecule has 1 heterocycles. The molecular weight excluding hydrogens is 346 g/mol. The quantitative estimate of drug-likeness (QED) is 0.495. The highest BCUT2D eigenvalue weighted by molar-refractivity contribution is 8.00. The Kier molecular flexibility index (Phi) is 5.73. The predicted molar refractivity (Wildman–Crippen MR) is 104 cm³/mol. The number of nitrogens with one attached hydrogen (secondary N) is 1. The van der Waals surface area contributed by atoms with E-state index in [1.165, 1.54) is 17.3 Å². The number of carbonyl (C=O) groups is 1. The monoisotopic (exact) mass is 367 g/mol. The number of hydrogen-bond donors (Lipinski definition) is 1. The van der Waals surface area contributed by atoms with Crippen LogP contribution in [0, 0.1) is 0 Å². The number of rotatable bonds is 7. The van der Waals surface area contributed by atoms with Crippen molar-refractivity contribution >= 4 is 17.5 Å². The van der Waals surface area contributed by atoms with Gasteiger partial charge in [0.1, 0.15) is 5.75 Å². The number of aromatic nitrogens is 3. The molecule has 0 bridgehead atoms. The van der Waals surface area contributed by atoms with Crippen molar-refractivity contribution in [2.24, 2.45) is 0 Å². The zero-order valence-corrected chi connectivity index (χ0v) is 15.8. The van der Waals surface area contributed by atoms with Crippen molar-refractivity contribution < 1.29 is 9.53 Å². The second kappa shape index (κ2) is 8.19. The van der Waals surface area contributed by atoms with Gasteiger partial charge in [0.05, 0.1) is 12.4 Å². The summed E-state index contributed by atoms with van der Waals surface area (Å²) in [6.07, 6.45) is 1.00. The number of hydrogen-bond acceptors (Lipinski definition) is 5. The Morgan fingerprint density at radius 1 is 1.15 bits per heavy atom. The van der Waals surface area contributed by atoms with E-state index in [-0.39, 0.29) is 11.0 Å². The number of ether oxygens (including phenoxy) is 1. The molecule has 2 aromatic carbocycles. The minimum Gasteiger partial charge on any atom is -0.497 e. The molecule has 0 aliphatic heterocycles. The molecular formula is C20H21N3O2S. The van der Waals surface area contributed by atoms with Gasteiger partial charge < -0.3 is 4.74 Å². The number of nitrogens with zero attached hydrogens (tertiary/aromatic N) is 2. The van der Waals surface area contributed by atoms with Gasteiger partial charge in [-0.15, -0.1) is 5.10 Å². The molecule has 0 aliphatic carbocycles. The average Bonchev–Trinajstić information content (AvgIpc) is 3.16. The highest BCUT2D eigenvalue weighted by Crippen LogP contribution is 2.25. The third kappa shape index (κ3) is 4.14. The first-order valence-electron chi connectivity index (χ1n) is 8.47. The van der Waals surface area contributed by atoms with E-state index in [2.05, 4.69) is 34.2 Å². The van der Waals surface area contributed by atoms with Gasteiger partial charge in [-0.05, 0) is 43.2 Å². The van der Waals surface area contributed by atoms with E-state index in [0.717, 1.165) is 17.7 Å². The maximum atomic E-state index is 12.6. The fourth-order valence-corrected chi connectivity index (χ4v) is 3.33. The van der Waals surface area contributed by atoms with Crippen molar-refractivity contribution in [3.8, 4) is 17.1 Å². The van der Waals surface area contributed by atoms with Crippen LogP contribution in [0.25, 0.3) is 11.4 Å². The van der Waals surface area contributed by atoms with Crippen LogP contribution in [0.5, 0.6) is 5.75 Å². The normalized spacial score (nSPS) is 12.0. The molecule has 3 aromatic rings. The van der Waals surface area contributed by atoms with Crippen LogP contribution < -0.4 is 4.74 Å². The van der Waals surface area contributed by atoms with Crippen LogP contribution in [0.3, 0.4) is 0 Å². The van der Waals surface area contributed by atoms with Gasteiger partial charge in [-0.2, -0.15) is 0 Å². The molecule has 0 fully saturated rings. The molecule has 0 spiro atoms. The highest BCUT2D eigenvalue weighted by Gasteiger charge is 2.19. The maximum Gasteiger partial charge on any atom is 0.209 e. The van der Waals surface area contributed by atoms with Gasteiger partial charge in [0, 0.05) is 11.1 Å². The van der Waals surface area contributed by atoms with E-state index in [4.69, 9.17) is 4.74 Å². The number of aryl methyl sites for hydroxylation is 1. The van der Waals surface area contributed by atoms with E-state index >= 15 is 0 Å². The van der Waals surface area contributed by atoms with E-state index in [0.29, 0.717) is 16.5 Å². The summed E-state index contributed by atoms with van der Waals surface area (Å²) in [5.74, 6) is 1.48. The zero-order chi connectivity index (χ0) is 18.5. The molecule has 1 N–H and O–H groups in total. The summed E-state index contributed by atoms with van der Waals surface area (Å²) < 4.78 is 5.12. The van der Waals surface area contributed by atoms with Crippen molar-refractivity contribution in [1.29, 1.82) is 0 Å². The molecule has 0 saturated carbocycles. The Morgan fingerprint density at radius 2 is 1.85 bits per heavy atom. The highest BCUT2D eigenvalue weighted by atomic mass is 32.2. The van der Waals surface area contributed by atoms with Crippen molar-refractivity contribution in [3.05, 3.63) is 59.7 Å². The standard InChI is InChI=1S/C20H21N3O2S/c1-4-14-5-7-16(8-6-14)19-21-20(23-22-19)26-13(2)18(24)15-9-11-17(25-3)12-10-15/h5-13H,4H2,1-3H3,(H,21,22,23)/t13-/m0/s1. The average molecular weight is 367 g/mol. The Hall–Kier alpha value is -2.60. The van der Waals surface area contributed by atoms with E-state index in [1.54, 1.807) is 31.4 Å². The molecule has 134 valence electrons. The maximum absolute atomic E-state index is 12.6. The minimum absolute atomic E-state index is 0.0382. The first kappa shape index (κ1) is 18.2. The number of ketones is 1. The van der Waals surface area contributed by atoms with Crippen LogP contribution in [0.2, 0.25) is 0 Å². The van der Waals surface area contributed by atoms with Crippen LogP contribution in [0.1, 0.15) is 29.8 Å². The van der Waals surface area contributed by atoms with Gasteiger partial charge in [0.2, 0.25) is 5.16 Å². The van der Waals surface area contributed by atoms with Crippen LogP contribution in [0.15, 0.2) is 53.7 Å². The van der Waals surface area contributed by atoms with Gasteiger partial charge >= 0.3 is 0 Å². The SMILES string of the molecule is CCc1ccc(-c2nc(S[C@@H](C)C(=O)c3ccc(OC)cc3)n[nH]2)cc1. The Bertz CT molecular complexity index is 873. The van der Waals surface area contributed by atoms with Gasteiger partial charge in [0.15, 0.2) is 11.6 Å². The molecule has 1 aromatic heterocycles. The fraction of sp³-hybridized carbons (Fsp3) is 0.250. The van der Waals surface area contributed by atoms with Crippen molar-refractivity contribution in [2.75, 3.05) is 7.11 Å². The number of thioether (sulfide) groups is 1. The van der Waals surface area contributed by atoms with Crippen molar-refractivity contribution in [1.82, 2.24) is 15.2 Å². The number of Topliss-reactive ketones (excluding diaryl/α,β-unsaturated/α-hetero) is 1. The molecule has 3 rings (SSSR count). The molecule has 5 nitrogen and oxygen atoms in total. The van der Waals surface area contributed by atoms with E-state index < -0.39 is 0 Å². The topological polar surface area (TPSA) is 67.9 Å². The smallest absolute Gasteiger partial charge is 0.209 e. The molecule has 0 radical (unpaired) electrons. The molecule has 26 heavy (non-hydrogen) atoms. The van der Waals surface area contributed by atoms with Gasteiger partial charge in [0.25, 0.3) is 0 Å². The van der Waals surface area contributed by atoms with Gasteiger partial charge in [-0.25, -0.2) is 4.98 Å². The summed E-state index contributed by atoms with van der Waals surface area (Å²) in [5.41, 5.74) is 2.91. The van der Waals surface area contributed by atoms with Crippen LogP contribution in [0.4, 0.5) is 0 Å². The lowest BCUT2D eigenvalue weighted by Gasteiger charge is -2.08. The van der Waals surface area contributed by atoms with Crippen LogP contribution in [-0.4, -0.2) is 33.3 Å². The van der Waals surface area contributed by atoms with Gasteiger partial charge in [-0.3, -0.25) is 9.89 Å². The molecule has 0 unspecified atom stereocenters. The summed E-state index contributed by atoms with van der Waals surface area (Å²) in [5, 5.41) is 7.46. The first-order chi connectivity index (χ1) is 12.6. The lowest BCUT2D eigenvalue weighted by atomic mass is 10.1. The second-order valence-corrected chi connectivity index (χ2v) is 7.18. The zero-order valence-electron chi connectivity index (χ0n) is 15.0. The summed E-state index contributed by atoms with van der Waals surface area (Å²) >= 11 is 1.35. The summed E-state index contributed by atoms with van der Waals surface area (Å²) in [6.45, 7) is 3.99. The van der Waals surface area contributed by atoms with Crippen molar-refractivity contribution in [3.63, 3.8) is 0 Å². The lowest BCUT2D eigenvalue weighted by molar-refractivity contribution is 0.0994. The fourth-order valence-electron chi connectivity index (χ4n) is 2.53. The Labute approximate surface area is 157 Å². The molecule has 0 amide bonds. The number of carbonyl (C=O) groups excluding carboxylic acids is 1. The number of aromatic amines is 1. The Balaban J connectivity index is 1.68. The first-order valence-corrected chi connectivity index (χ1v) is 9.35. The number of methoxy groups -OCH3 is 1. The number of H-pyrrole nitrogens is 1. The van der Waals surface area contributed by atoms with Crippen LogP contribution >= 0.6 is 11.8 Å². The molecule has 1 atom stereocenters. The Morgan fingerprint density at radius 3 is 2.46 bits per heavy atom. The van der Waals surface area contributed by atoms with Gasteiger partial charge in [-0.1, -0.05) is 43.0 Å². The predicted octanol–water partition coefficient (Wildman–Crippen LogP) is 4.41. The second-order valence-electron chi connectivity index (χ2n) is 5.87. The van der Waals surface area contributed by atoms with Crippen molar-refractivity contribution in [2.45, 2.75) is 30.7 Å². The summed E-state index contributed by atoms with van der Waals surface area (Å²) in [6, 6.07) is 15.3. The summed E-state index contributed by atoms with van der Waals surface area (Å²) in [7, 11) is 1.60. The largest absolute Gasteiger partial charge is 0.497 e. The third-order valence-corrected chi connectivity index (χ3v) is 5.09. The summed E-state index contributed by atoms with van der Waals surface area (Å²) in [4.78, 5) is 17.1. The molecule has 0 saturated heterocycles. The van der Waals surface area contributed by atoms with Crippen LogP contribution in [-0.2, 0) is 6.42 Å². The minimum atomic E-state index is -0.283. The molecule has 6 heteroatoms.